The topological polar surface area (TPSA) is 102 Å². The number of aliphatic hydroxyl groups excluding tert-OH is 1. The van der Waals surface area contributed by atoms with Crippen molar-refractivity contribution in [2.75, 3.05) is 18.0 Å². The van der Waals surface area contributed by atoms with Crippen LogP contribution in [-0.4, -0.2) is 50.1 Å². The van der Waals surface area contributed by atoms with Gasteiger partial charge in [0.2, 0.25) is 5.91 Å². The van der Waals surface area contributed by atoms with Crippen molar-refractivity contribution in [2.45, 2.75) is 37.8 Å². The molecule has 2 aromatic carbocycles. The zero-order valence-electron chi connectivity index (χ0n) is 17.6. The number of benzene rings is 2. The highest BCUT2D eigenvalue weighted by atomic mass is 16.3. The van der Waals surface area contributed by atoms with E-state index in [1.165, 1.54) is 0 Å². The number of piperidine rings is 1. The molecule has 0 bridgehead atoms. The van der Waals surface area contributed by atoms with Crippen molar-refractivity contribution in [1.82, 2.24) is 20.1 Å². The number of carbonyl (C=O) groups excluding carboxylic acids is 2. The van der Waals surface area contributed by atoms with E-state index in [4.69, 9.17) is 0 Å². The molecule has 0 aliphatic carbocycles. The van der Waals surface area contributed by atoms with Gasteiger partial charge in [-0.25, -0.2) is 4.98 Å². The number of rotatable bonds is 5. The molecule has 2 fully saturated rings. The van der Waals surface area contributed by atoms with Gasteiger partial charge in [0.25, 0.3) is 5.91 Å². The number of nitrogens with zero attached hydrogens (tertiary/aromatic N) is 4. The molecular weight excluding hydrogens is 406 g/mol. The van der Waals surface area contributed by atoms with E-state index in [2.05, 4.69) is 15.2 Å². The molecule has 1 aromatic heterocycles. The average Bonchev–Trinajstić information content (AvgIpc) is 3.33. The summed E-state index contributed by atoms with van der Waals surface area (Å²) in [5.41, 5.74) is 2.23. The van der Waals surface area contributed by atoms with E-state index in [1.54, 1.807) is 21.9 Å². The molecule has 3 heterocycles. The number of hydrogen-bond acceptors (Lipinski definition) is 5. The highest BCUT2D eigenvalue weighted by molar-refractivity contribution is 5.99. The molecule has 2 atom stereocenters. The Labute approximate surface area is 185 Å². The summed E-state index contributed by atoms with van der Waals surface area (Å²) in [5, 5.41) is 18.0. The summed E-state index contributed by atoms with van der Waals surface area (Å²) in [4.78, 5) is 33.0. The van der Waals surface area contributed by atoms with Crippen molar-refractivity contribution in [3.05, 3.63) is 66.0 Å². The maximum Gasteiger partial charge on any atom is 0.256 e. The van der Waals surface area contributed by atoms with Gasteiger partial charge in [-0.3, -0.25) is 14.7 Å². The second kappa shape index (κ2) is 8.55. The van der Waals surface area contributed by atoms with Gasteiger partial charge in [-0.2, -0.15) is 5.10 Å². The Kier molecular flexibility index (Phi) is 5.45. The fourth-order valence-corrected chi connectivity index (χ4v) is 4.37. The van der Waals surface area contributed by atoms with Gasteiger partial charge >= 0.3 is 0 Å². The number of H-pyrrole nitrogens is 1. The van der Waals surface area contributed by atoms with Crippen LogP contribution in [0.5, 0.6) is 0 Å². The lowest BCUT2D eigenvalue weighted by Gasteiger charge is -2.35. The number of aromatic nitrogens is 3. The molecule has 32 heavy (non-hydrogen) atoms. The lowest BCUT2D eigenvalue weighted by molar-refractivity contribution is -0.144. The minimum Gasteiger partial charge on any atom is -0.378 e. The average molecular weight is 431 g/mol. The number of likely N-dealkylation sites (tertiary alicyclic amines) is 1. The fourth-order valence-electron chi connectivity index (χ4n) is 4.37. The number of carbonyl (C=O) groups is 2. The second-order valence-corrected chi connectivity index (χ2v) is 8.25. The summed E-state index contributed by atoms with van der Waals surface area (Å²) in [7, 11) is 0. The van der Waals surface area contributed by atoms with E-state index in [0.717, 1.165) is 37.1 Å². The SMILES string of the molecule is O=C1CCN1c1cccc(-c2n[nH]c([C@H]3CCCCN3C(=O)C(O)c3ccccc3)n2)c1. The van der Waals surface area contributed by atoms with Crippen molar-refractivity contribution in [3.63, 3.8) is 0 Å². The summed E-state index contributed by atoms with van der Waals surface area (Å²) < 4.78 is 0. The van der Waals surface area contributed by atoms with Crippen LogP contribution in [0.25, 0.3) is 11.4 Å². The van der Waals surface area contributed by atoms with E-state index >= 15 is 0 Å². The highest BCUT2D eigenvalue weighted by Crippen LogP contribution is 2.33. The van der Waals surface area contributed by atoms with Crippen molar-refractivity contribution in [3.8, 4) is 11.4 Å². The number of amides is 2. The van der Waals surface area contributed by atoms with Gasteiger partial charge in [0.15, 0.2) is 11.9 Å². The second-order valence-electron chi connectivity index (χ2n) is 8.25. The van der Waals surface area contributed by atoms with Crippen LogP contribution >= 0.6 is 0 Å². The molecule has 1 unspecified atom stereocenters. The minimum absolute atomic E-state index is 0.117. The number of aromatic amines is 1. The van der Waals surface area contributed by atoms with E-state index in [-0.39, 0.29) is 17.9 Å². The van der Waals surface area contributed by atoms with Crippen LogP contribution in [0.1, 0.15) is 49.2 Å². The molecule has 0 radical (unpaired) electrons. The Morgan fingerprint density at radius 2 is 1.94 bits per heavy atom. The first-order valence-corrected chi connectivity index (χ1v) is 11.0. The van der Waals surface area contributed by atoms with Crippen LogP contribution in [0, 0.1) is 0 Å². The van der Waals surface area contributed by atoms with Gasteiger partial charge in [-0.1, -0.05) is 42.5 Å². The van der Waals surface area contributed by atoms with Crippen LogP contribution in [-0.2, 0) is 9.59 Å². The van der Waals surface area contributed by atoms with E-state index in [9.17, 15) is 14.7 Å². The quantitative estimate of drug-likeness (QED) is 0.605. The van der Waals surface area contributed by atoms with Crippen LogP contribution in [0.2, 0.25) is 0 Å². The Bertz CT molecular complexity index is 1130. The maximum absolute atomic E-state index is 13.1. The zero-order valence-corrected chi connectivity index (χ0v) is 17.6. The summed E-state index contributed by atoms with van der Waals surface area (Å²) in [6, 6.07) is 16.3. The number of nitrogens with one attached hydrogen (secondary N) is 1. The number of anilines is 1. The maximum atomic E-state index is 13.1. The highest BCUT2D eigenvalue weighted by Gasteiger charge is 2.34. The molecule has 2 amide bonds. The molecule has 164 valence electrons. The molecule has 2 aliphatic rings. The van der Waals surface area contributed by atoms with Crippen molar-refractivity contribution < 1.29 is 14.7 Å². The van der Waals surface area contributed by atoms with Gasteiger partial charge < -0.3 is 14.9 Å². The number of hydrogen-bond donors (Lipinski definition) is 2. The van der Waals surface area contributed by atoms with Crippen LogP contribution in [0.15, 0.2) is 54.6 Å². The Balaban J connectivity index is 1.38. The standard InChI is InChI=1S/C24H25N5O3/c30-20-12-14-28(20)18-10-6-9-17(15-18)22-25-23(27-26-22)19-11-4-5-13-29(19)24(32)21(31)16-7-2-1-3-8-16/h1-3,6-10,15,19,21,31H,4-5,11-14H2,(H,25,26,27)/t19-,21?/m1/s1. The molecule has 8 heteroatoms. The van der Waals surface area contributed by atoms with Crippen LogP contribution in [0.4, 0.5) is 5.69 Å². The number of aliphatic hydroxyl groups is 1. The van der Waals surface area contributed by atoms with E-state index in [0.29, 0.717) is 30.2 Å². The van der Waals surface area contributed by atoms with Crippen molar-refractivity contribution in [1.29, 1.82) is 0 Å². The lowest BCUT2D eigenvalue weighted by Crippen LogP contribution is -2.43. The lowest BCUT2D eigenvalue weighted by atomic mass is 9.99. The number of β-lactam (4-membered cyclic amide) rings is 1. The first kappa shape index (κ1) is 20.4. The minimum atomic E-state index is -1.20. The van der Waals surface area contributed by atoms with Gasteiger partial charge in [0.1, 0.15) is 5.82 Å². The van der Waals surface area contributed by atoms with E-state index < -0.39 is 6.10 Å². The first-order chi connectivity index (χ1) is 15.6. The molecule has 8 nitrogen and oxygen atoms in total. The van der Waals surface area contributed by atoms with Gasteiger partial charge in [-0.15, -0.1) is 0 Å². The summed E-state index contributed by atoms with van der Waals surface area (Å²) in [6.45, 7) is 1.29. The molecule has 0 saturated carbocycles. The zero-order chi connectivity index (χ0) is 22.1. The molecule has 5 rings (SSSR count). The Morgan fingerprint density at radius 1 is 1.09 bits per heavy atom. The monoisotopic (exact) mass is 431 g/mol. The molecule has 3 aromatic rings. The summed E-state index contributed by atoms with van der Waals surface area (Å²) in [6.07, 6.45) is 1.99. The predicted octanol–water partition coefficient (Wildman–Crippen LogP) is 3.00. The van der Waals surface area contributed by atoms with Gasteiger partial charge in [0, 0.05) is 30.8 Å². The van der Waals surface area contributed by atoms with E-state index in [1.807, 2.05) is 42.5 Å². The third kappa shape index (κ3) is 3.78. The summed E-state index contributed by atoms with van der Waals surface area (Å²) >= 11 is 0. The third-order valence-electron chi connectivity index (χ3n) is 6.22. The molecular formula is C24H25N5O3. The molecule has 2 saturated heterocycles. The smallest absolute Gasteiger partial charge is 0.256 e. The Hall–Kier alpha value is -3.52. The molecule has 0 spiro atoms. The predicted molar refractivity (Wildman–Crippen MR) is 118 cm³/mol. The largest absolute Gasteiger partial charge is 0.378 e. The van der Waals surface area contributed by atoms with Gasteiger partial charge in [0.05, 0.1) is 6.04 Å². The van der Waals surface area contributed by atoms with Crippen molar-refractivity contribution >= 4 is 17.5 Å². The third-order valence-corrected chi connectivity index (χ3v) is 6.22. The molecule has 2 aliphatic heterocycles. The van der Waals surface area contributed by atoms with Crippen molar-refractivity contribution in [2.24, 2.45) is 0 Å². The van der Waals surface area contributed by atoms with Gasteiger partial charge in [-0.05, 0) is 37.0 Å². The summed E-state index contributed by atoms with van der Waals surface area (Å²) in [5.74, 6) is 0.929. The first-order valence-electron chi connectivity index (χ1n) is 11.0. The Morgan fingerprint density at radius 3 is 2.69 bits per heavy atom. The van der Waals surface area contributed by atoms with Crippen LogP contribution in [0.3, 0.4) is 0 Å². The van der Waals surface area contributed by atoms with Crippen LogP contribution < -0.4 is 4.90 Å². The fraction of sp³-hybridized carbons (Fsp3) is 0.333. The normalized spacial score (nSPS) is 19.5. The molecule has 2 N–H and O–H groups in total.